The second-order valence-corrected chi connectivity index (χ2v) is 10.7. The Morgan fingerprint density at radius 2 is 1.62 bits per heavy atom. The summed E-state index contributed by atoms with van der Waals surface area (Å²) in [6, 6.07) is 20.3. The van der Waals surface area contributed by atoms with Crippen molar-refractivity contribution in [1.82, 2.24) is 0 Å². The molecule has 0 radical (unpaired) electrons. The summed E-state index contributed by atoms with van der Waals surface area (Å²) in [5.41, 5.74) is 5.66. The number of fused-ring (bicyclic) bond motifs is 1. The molecule has 0 unspecified atom stereocenters. The van der Waals surface area contributed by atoms with E-state index in [1.54, 1.807) is 0 Å². The van der Waals surface area contributed by atoms with Gasteiger partial charge in [0.2, 0.25) is 0 Å². The summed E-state index contributed by atoms with van der Waals surface area (Å²) >= 11 is -0.826. The molecular weight excluding hydrogens is 414 g/mol. The first-order valence-electron chi connectivity index (χ1n) is 8.16. The van der Waals surface area contributed by atoms with Gasteiger partial charge in [-0.25, -0.2) is 0 Å². The van der Waals surface area contributed by atoms with Crippen LogP contribution in [-0.4, -0.2) is 0 Å². The quantitative estimate of drug-likeness (QED) is 0.365. The fourth-order valence-electron chi connectivity index (χ4n) is 2.90. The summed E-state index contributed by atoms with van der Waals surface area (Å²) < 4.78 is 0. The van der Waals surface area contributed by atoms with Crippen LogP contribution in [0.5, 0.6) is 0 Å². The molecule has 24 heavy (non-hydrogen) atoms. The van der Waals surface area contributed by atoms with Gasteiger partial charge in [-0.05, 0) is 23.0 Å². The van der Waals surface area contributed by atoms with Crippen LogP contribution in [0.4, 0.5) is 0 Å². The molecule has 0 aliphatic heterocycles. The van der Waals surface area contributed by atoms with Crippen molar-refractivity contribution >= 4 is 27.8 Å². The van der Waals surface area contributed by atoms with Gasteiger partial charge in [0.15, 0.2) is 0 Å². The first-order valence-corrected chi connectivity index (χ1v) is 14.5. The molecule has 0 aliphatic carbocycles. The Balaban J connectivity index is 0.000000647. The van der Waals surface area contributed by atoms with Gasteiger partial charge in [0, 0.05) is 0 Å². The molecule has 3 heteroatoms. The Bertz CT molecular complexity index is 780. The van der Waals surface area contributed by atoms with E-state index in [1.165, 1.54) is 33.0 Å². The number of hydrogen-bond acceptors (Lipinski definition) is 0. The van der Waals surface area contributed by atoms with Crippen molar-refractivity contribution in [2.24, 2.45) is 0 Å². The Morgan fingerprint density at radius 1 is 1.00 bits per heavy atom. The molecule has 0 heterocycles. The van der Waals surface area contributed by atoms with E-state index in [-0.39, 0.29) is 5.41 Å². The summed E-state index contributed by atoms with van der Waals surface area (Å²) in [6.07, 6.45) is 1.09. The standard InChI is InChI=1S/C21H23.2ClH.Zr/c1-5-15-13-17-7-6-8-19(20(17)14-15)16-9-11-18(12-10-16)21(2,3)4;;;/h6-14H,5H2,1-4H3;2*1H;/q-1;;;+2/p-2. The molecule has 0 fully saturated rings. The maximum absolute atomic E-state index is 4.93. The van der Waals surface area contributed by atoms with Gasteiger partial charge in [-0.3, -0.25) is 0 Å². The molecule has 0 amide bonds. The molecule has 3 aromatic carbocycles. The molecule has 0 saturated carbocycles. The summed E-state index contributed by atoms with van der Waals surface area (Å²) in [5.74, 6) is 0. The van der Waals surface area contributed by atoms with Crippen LogP contribution in [0.25, 0.3) is 21.9 Å². The average Bonchev–Trinajstić information content (AvgIpc) is 2.98. The molecule has 0 aliphatic rings. The number of hydrogen-bond donors (Lipinski definition) is 0. The van der Waals surface area contributed by atoms with E-state index in [0.717, 1.165) is 6.42 Å². The van der Waals surface area contributed by atoms with E-state index in [4.69, 9.17) is 17.0 Å². The van der Waals surface area contributed by atoms with Gasteiger partial charge in [-0.1, -0.05) is 63.6 Å². The molecule has 126 valence electrons. The van der Waals surface area contributed by atoms with Gasteiger partial charge in [-0.2, -0.15) is 6.07 Å². The molecule has 0 N–H and O–H groups in total. The van der Waals surface area contributed by atoms with E-state index >= 15 is 0 Å². The van der Waals surface area contributed by atoms with E-state index in [9.17, 15) is 0 Å². The third-order valence-corrected chi connectivity index (χ3v) is 4.28. The van der Waals surface area contributed by atoms with Crippen molar-refractivity contribution in [2.75, 3.05) is 0 Å². The van der Waals surface area contributed by atoms with Crippen molar-refractivity contribution < 1.29 is 20.8 Å². The third kappa shape index (κ3) is 4.78. The topological polar surface area (TPSA) is 0 Å². The first-order chi connectivity index (χ1) is 11.4. The number of benzene rings is 2. The zero-order valence-corrected chi connectivity index (χ0v) is 18.6. The fourth-order valence-corrected chi connectivity index (χ4v) is 2.90. The van der Waals surface area contributed by atoms with Crippen molar-refractivity contribution in [3.05, 3.63) is 65.7 Å². The summed E-state index contributed by atoms with van der Waals surface area (Å²) in [4.78, 5) is 0. The van der Waals surface area contributed by atoms with Crippen LogP contribution in [0.15, 0.2) is 54.6 Å². The summed E-state index contributed by atoms with van der Waals surface area (Å²) in [5, 5.41) is 2.72. The number of rotatable bonds is 2. The molecule has 0 spiro atoms. The zero-order valence-electron chi connectivity index (χ0n) is 14.7. The van der Waals surface area contributed by atoms with Crippen LogP contribution in [0.1, 0.15) is 38.8 Å². The minimum atomic E-state index is -0.826. The molecule has 3 rings (SSSR count). The molecule has 0 nitrogen and oxygen atoms in total. The molecule has 0 saturated heterocycles. The molecule has 3 aromatic rings. The van der Waals surface area contributed by atoms with Gasteiger partial charge in [0.05, 0.1) is 0 Å². The monoisotopic (exact) mass is 435 g/mol. The first kappa shape index (κ1) is 19.8. The number of aryl methyl sites for hydroxylation is 1. The third-order valence-electron chi connectivity index (χ3n) is 4.28. The Hall–Kier alpha value is -0.487. The van der Waals surface area contributed by atoms with Crippen LogP contribution in [0, 0.1) is 0 Å². The van der Waals surface area contributed by atoms with Gasteiger partial charge in [-0.15, -0.1) is 34.5 Å². The van der Waals surface area contributed by atoms with Crippen molar-refractivity contribution in [2.45, 2.75) is 39.5 Å². The molecule has 0 bridgehead atoms. The Kier molecular flexibility index (Phi) is 7.23. The van der Waals surface area contributed by atoms with Crippen molar-refractivity contribution in [3.8, 4) is 11.1 Å². The summed E-state index contributed by atoms with van der Waals surface area (Å²) in [7, 11) is 9.87. The maximum atomic E-state index is 4.93. The van der Waals surface area contributed by atoms with Crippen molar-refractivity contribution in [1.29, 1.82) is 0 Å². The normalized spacial score (nSPS) is 11.1. The fraction of sp³-hybridized carbons (Fsp3) is 0.286. The molecule has 0 aromatic heterocycles. The van der Waals surface area contributed by atoms with Crippen molar-refractivity contribution in [3.63, 3.8) is 0 Å². The van der Waals surface area contributed by atoms with Crippen LogP contribution in [0.3, 0.4) is 0 Å². The minimum absolute atomic E-state index is 0.209. The predicted octanol–water partition coefficient (Wildman–Crippen LogP) is 7.46. The van der Waals surface area contributed by atoms with Gasteiger partial charge >= 0.3 is 37.9 Å². The Labute approximate surface area is 164 Å². The van der Waals surface area contributed by atoms with Crippen LogP contribution in [-0.2, 0) is 32.7 Å². The van der Waals surface area contributed by atoms with E-state index in [0.29, 0.717) is 0 Å². The zero-order chi connectivity index (χ0) is 17.7. The van der Waals surface area contributed by atoms with Crippen LogP contribution in [0.2, 0.25) is 0 Å². The SMILES string of the molecule is CCc1cc2c(-c3ccc(C(C)(C)C)cc3)cccc2[cH-]1.[Cl][Zr][Cl]. The average molecular weight is 438 g/mol. The molecular formula is C21H23Cl2Zr-. The van der Waals surface area contributed by atoms with E-state index in [2.05, 4.69) is 82.3 Å². The van der Waals surface area contributed by atoms with Crippen LogP contribution < -0.4 is 0 Å². The van der Waals surface area contributed by atoms with E-state index in [1.807, 2.05) is 0 Å². The summed E-state index contributed by atoms with van der Waals surface area (Å²) in [6.45, 7) is 8.99. The van der Waals surface area contributed by atoms with E-state index < -0.39 is 20.8 Å². The van der Waals surface area contributed by atoms with Gasteiger partial charge < -0.3 is 0 Å². The van der Waals surface area contributed by atoms with Gasteiger partial charge in [0.25, 0.3) is 0 Å². The Morgan fingerprint density at radius 3 is 2.17 bits per heavy atom. The van der Waals surface area contributed by atoms with Crippen LogP contribution >= 0.6 is 17.0 Å². The molecule has 0 atom stereocenters. The van der Waals surface area contributed by atoms with Gasteiger partial charge in [0.1, 0.15) is 0 Å². The number of halogens is 2. The predicted molar refractivity (Wildman–Crippen MR) is 105 cm³/mol. The second-order valence-electron chi connectivity index (χ2n) is 6.92. The second kappa shape index (κ2) is 8.75.